The fourth-order valence-electron chi connectivity index (χ4n) is 4.62. The number of fused-ring (bicyclic) bond motifs is 1. The van der Waals surface area contributed by atoms with Crippen LogP contribution < -0.4 is 19.7 Å². The zero-order chi connectivity index (χ0) is 25.8. The first kappa shape index (κ1) is 24.2. The smallest absolute Gasteiger partial charge is 0.291 e. The van der Waals surface area contributed by atoms with Crippen molar-refractivity contribution in [3.8, 4) is 11.5 Å². The number of hydrogen-bond acceptors (Lipinski definition) is 6. The zero-order valence-corrected chi connectivity index (χ0v) is 20.9. The summed E-state index contributed by atoms with van der Waals surface area (Å²) >= 11 is 0. The number of piperazine rings is 1. The van der Waals surface area contributed by atoms with Crippen LogP contribution in [0.5, 0.6) is 11.5 Å². The summed E-state index contributed by atoms with van der Waals surface area (Å²) in [6.45, 7) is 2.36. The average molecular weight is 500 g/mol. The standard InChI is InChI=1S/C29H29N3O5/c1-35-21-13-11-20(12-14-21)19-26(33)30-27-22-7-3-5-9-24(22)37-28(27)29(34)32-17-15-31(16-18-32)23-8-4-6-10-25(23)36-2/h3-14H,15-19H2,1-2H3,(H,30,33). The van der Waals surface area contributed by atoms with E-state index in [9.17, 15) is 9.59 Å². The van der Waals surface area contributed by atoms with Crippen molar-refractivity contribution in [1.82, 2.24) is 4.90 Å². The molecule has 0 unspecified atom stereocenters. The van der Waals surface area contributed by atoms with E-state index in [1.165, 1.54) is 0 Å². The van der Waals surface area contributed by atoms with Crippen molar-refractivity contribution < 1.29 is 23.5 Å². The van der Waals surface area contributed by atoms with Gasteiger partial charge in [0.1, 0.15) is 22.8 Å². The van der Waals surface area contributed by atoms with Gasteiger partial charge in [0, 0.05) is 31.6 Å². The number of carbonyl (C=O) groups excluding carboxylic acids is 2. The summed E-state index contributed by atoms with van der Waals surface area (Å²) in [5.74, 6) is 1.21. The number of rotatable bonds is 7. The van der Waals surface area contributed by atoms with Gasteiger partial charge < -0.3 is 29.0 Å². The van der Waals surface area contributed by atoms with E-state index in [1.54, 1.807) is 25.2 Å². The van der Waals surface area contributed by atoms with E-state index in [2.05, 4.69) is 10.2 Å². The van der Waals surface area contributed by atoms with Gasteiger partial charge >= 0.3 is 0 Å². The van der Waals surface area contributed by atoms with Gasteiger partial charge in [0.05, 0.1) is 26.3 Å². The summed E-state index contributed by atoms with van der Waals surface area (Å²) in [5, 5.41) is 3.64. The SMILES string of the molecule is COc1ccc(CC(=O)Nc2c(C(=O)N3CCN(c4ccccc4OC)CC3)oc3ccccc23)cc1. The Morgan fingerprint density at radius 3 is 2.30 bits per heavy atom. The molecule has 5 rings (SSSR count). The highest BCUT2D eigenvalue weighted by molar-refractivity contribution is 6.11. The second-order valence-corrected chi connectivity index (χ2v) is 8.83. The second kappa shape index (κ2) is 10.7. The largest absolute Gasteiger partial charge is 0.497 e. The summed E-state index contributed by atoms with van der Waals surface area (Å²) in [7, 11) is 3.26. The molecule has 0 atom stereocenters. The highest BCUT2D eigenvalue weighted by Crippen LogP contribution is 2.33. The first-order valence-corrected chi connectivity index (χ1v) is 12.2. The van der Waals surface area contributed by atoms with Crippen LogP contribution in [-0.2, 0) is 11.2 Å². The normalized spacial score (nSPS) is 13.5. The lowest BCUT2D eigenvalue weighted by Crippen LogP contribution is -2.49. The first-order chi connectivity index (χ1) is 18.1. The number of amides is 2. The van der Waals surface area contributed by atoms with Gasteiger partial charge in [-0.3, -0.25) is 9.59 Å². The Bertz CT molecular complexity index is 1400. The molecule has 0 saturated carbocycles. The number of para-hydroxylation sites is 3. The number of hydrogen-bond donors (Lipinski definition) is 1. The number of ether oxygens (including phenoxy) is 2. The molecular formula is C29H29N3O5. The van der Waals surface area contributed by atoms with Crippen LogP contribution >= 0.6 is 0 Å². The number of carbonyl (C=O) groups is 2. The van der Waals surface area contributed by atoms with E-state index in [0.29, 0.717) is 42.8 Å². The summed E-state index contributed by atoms with van der Waals surface area (Å²) in [6, 6.07) is 22.5. The van der Waals surface area contributed by atoms with Crippen molar-refractivity contribution in [2.75, 3.05) is 50.6 Å². The Morgan fingerprint density at radius 2 is 1.57 bits per heavy atom. The van der Waals surface area contributed by atoms with Crippen LogP contribution in [0.3, 0.4) is 0 Å². The molecule has 1 aliphatic rings. The third-order valence-corrected chi connectivity index (χ3v) is 6.57. The van der Waals surface area contributed by atoms with Gasteiger partial charge in [-0.1, -0.05) is 36.4 Å². The Balaban J connectivity index is 1.33. The summed E-state index contributed by atoms with van der Waals surface area (Å²) in [4.78, 5) is 30.5. The first-order valence-electron chi connectivity index (χ1n) is 12.2. The minimum Gasteiger partial charge on any atom is -0.497 e. The number of benzene rings is 3. The molecular weight excluding hydrogens is 470 g/mol. The van der Waals surface area contributed by atoms with Gasteiger partial charge in [0.15, 0.2) is 0 Å². The lowest BCUT2D eigenvalue weighted by atomic mass is 10.1. The summed E-state index contributed by atoms with van der Waals surface area (Å²) in [6.07, 6.45) is 0.161. The van der Waals surface area contributed by atoms with E-state index in [1.807, 2.05) is 66.7 Å². The third kappa shape index (κ3) is 5.09. The maximum atomic E-state index is 13.6. The van der Waals surface area contributed by atoms with Crippen molar-refractivity contribution in [3.63, 3.8) is 0 Å². The number of furan rings is 1. The molecule has 0 radical (unpaired) electrons. The van der Waals surface area contributed by atoms with Crippen LogP contribution in [-0.4, -0.2) is 57.1 Å². The lowest BCUT2D eigenvalue weighted by Gasteiger charge is -2.36. The molecule has 2 heterocycles. The van der Waals surface area contributed by atoms with Gasteiger partial charge in [0.25, 0.3) is 5.91 Å². The van der Waals surface area contributed by atoms with E-state index < -0.39 is 0 Å². The molecule has 1 aliphatic heterocycles. The molecule has 0 spiro atoms. The van der Waals surface area contributed by atoms with Crippen molar-refractivity contribution in [2.24, 2.45) is 0 Å². The molecule has 0 aliphatic carbocycles. The molecule has 1 aromatic heterocycles. The molecule has 0 bridgehead atoms. The zero-order valence-electron chi connectivity index (χ0n) is 20.9. The molecule has 37 heavy (non-hydrogen) atoms. The third-order valence-electron chi connectivity index (χ3n) is 6.57. The number of nitrogens with one attached hydrogen (secondary N) is 1. The number of methoxy groups -OCH3 is 2. The van der Waals surface area contributed by atoms with Gasteiger partial charge in [-0.15, -0.1) is 0 Å². The molecule has 3 aromatic carbocycles. The topological polar surface area (TPSA) is 84.2 Å². The van der Waals surface area contributed by atoms with E-state index in [0.717, 1.165) is 22.7 Å². The van der Waals surface area contributed by atoms with Gasteiger partial charge in [-0.25, -0.2) is 0 Å². The van der Waals surface area contributed by atoms with Crippen LogP contribution in [0.2, 0.25) is 0 Å². The molecule has 1 saturated heterocycles. The molecule has 8 nitrogen and oxygen atoms in total. The minimum atomic E-state index is -0.240. The maximum Gasteiger partial charge on any atom is 0.291 e. The molecule has 8 heteroatoms. The minimum absolute atomic E-state index is 0.148. The Morgan fingerprint density at radius 1 is 0.865 bits per heavy atom. The molecule has 190 valence electrons. The molecule has 4 aromatic rings. The van der Waals surface area contributed by atoms with Crippen molar-refractivity contribution in [2.45, 2.75) is 6.42 Å². The Labute approximate surface area is 215 Å². The van der Waals surface area contributed by atoms with Gasteiger partial charge in [-0.05, 0) is 42.0 Å². The second-order valence-electron chi connectivity index (χ2n) is 8.83. The number of nitrogens with zero attached hydrogens (tertiary/aromatic N) is 2. The van der Waals surface area contributed by atoms with Crippen LogP contribution in [0, 0.1) is 0 Å². The van der Waals surface area contributed by atoms with Crippen LogP contribution in [0.25, 0.3) is 11.0 Å². The monoisotopic (exact) mass is 499 g/mol. The van der Waals surface area contributed by atoms with Crippen LogP contribution in [0.1, 0.15) is 16.1 Å². The van der Waals surface area contributed by atoms with Crippen molar-refractivity contribution in [3.05, 3.63) is 84.1 Å². The summed E-state index contributed by atoms with van der Waals surface area (Å²) in [5.41, 5.74) is 2.81. The highest BCUT2D eigenvalue weighted by Gasteiger charge is 2.29. The van der Waals surface area contributed by atoms with Crippen LogP contribution in [0.15, 0.2) is 77.2 Å². The fourth-order valence-corrected chi connectivity index (χ4v) is 4.62. The molecule has 1 fully saturated rings. The van der Waals surface area contributed by atoms with Crippen molar-refractivity contribution >= 4 is 34.2 Å². The highest BCUT2D eigenvalue weighted by atomic mass is 16.5. The van der Waals surface area contributed by atoms with E-state index in [-0.39, 0.29) is 24.0 Å². The van der Waals surface area contributed by atoms with E-state index in [4.69, 9.17) is 13.9 Å². The lowest BCUT2D eigenvalue weighted by molar-refractivity contribution is -0.115. The van der Waals surface area contributed by atoms with E-state index >= 15 is 0 Å². The van der Waals surface area contributed by atoms with Gasteiger partial charge in [0.2, 0.25) is 11.7 Å². The Kier molecular flexibility index (Phi) is 6.98. The number of anilines is 2. The Hall–Kier alpha value is -4.46. The predicted octanol–water partition coefficient (Wildman–Crippen LogP) is 4.59. The average Bonchev–Trinajstić information content (AvgIpc) is 3.31. The van der Waals surface area contributed by atoms with Crippen LogP contribution in [0.4, 0.5) is 11.4 Å². The predicted molar refractivity (Wildman–Crippen MR) is 143 cm³/mol. The summed E-state index contributed by atoms with van der Waals surface area (Å²) < 4.78 is 16.7. The van der Waals surface area contributed by atoms with Gasteiger partial charge in [-0.2, -0.15) is 0 Å². The fraction of sp³-hybridized carbons (Fsp3) is 0.241. The maximum absolute atomic E-state index is 13.6. The molecule has 1 N–H and O–H groups in total. The van der Waals surface area contributed by atoms with Crippen molar-refractivity contribution in [1.29, 1.82) is 0 Å². The molecule has 2 amide bonds. The quantitative estimate of drug-likeness (QED) is 0.400.